The van der Waals surface area contributed by atoms with E-state index in [1.54, 1.807) is 12.1 Å². The molecule has 3 rings (SSSR count). The number of nitrogens with two attached hydrogens (primary N) is 1. The third-order valence-corrected chi connectivity index (χ3v) is 3.59. The quantitative estimate of drug-likeness (QED) is 0.450. The van der Waals surface area contributed by atoms with Gasteiger partial charge in [0.05, 0.1) is 11.4 Å². The van der Waals surface area contributed by atoms with E-state index in [0.717, 1.165) is 5.56 Å². The van der Waals surface area contributed by atoms with Crippen molar-refractivity contribution in [2.45, 2.75) is 19.8 Å². The van der Waals surface area contributed by atoms with E-state index in [1.165, 1.54) is 6.07 Å². The molecule has 0 saturated carbocycles. The van der Waals surface area contributed by atoms with Gasteiger partial charge in [-0.05, 0) is 29.7 Å². The number of carbonyl (C=O) groups excluding carboxylic acids is 1. The number of carboxylic acids is 1. The van der Waals surface area contributed by atoms with Crippen molar-refractivity contribution in [2.75, 3.05) is 5.73 Å². The zero-order valence-electron chi connectivity index (χ0n) is 13.0. The molecule has 2 heterocycles. The minimum absolute atomic E-state index is 0. The maximum atomic E-state index is 12.6. The van der Waals surface area contributed by atoms with Gasteiger partial charge in [0.2, 0.25) is 5.43 Å². The van der Waals surface area contributed by atoms with Gasteiger partial charge < -0.3 is 20.1 Å². The van der Waals surface area contributed by atoms with Crippen LogP contribution in [0.5, 0.6) is 0 Å². The first kappa shape index (κ1) is 17.5. The number of nitrogen functional groups attached to an aromatic ring is 1. The van der Waals surface area contributed by atoms with Crippen LogP contribution in [0.15, 0.2) is 33.5 Å². The number of benzene rings is 1. The number of hydrogen-bond donors (Lipinski definition) is 1. The predicted octanol–water partition coefficient (Wildman–Crippen LogP) is -1.59. The van der Waals surface area contributed by atoms with Gasteiger partial charge in [0.15, 0.2) is 11.1 Å². The van der Waals surface area contributed by atoms with Gasteiger partial charge in [0.1, 0.15) is 11.4 Å². The molecule has 0 radical (unpaired) electrons. The van der Waals surface area contributed by atoms with Crippen molar-refractivity contribution >= 4 is 33.9 Å². The predicted molar refractivity (Wildman–Crippen MR) is 80.6 cm³/mol. The summed E-state index contributed by atoms with van der Waals surface area (Å²) in [5.41, 5.74) is 6.39. The van der Waals surface area contributed by atoms with Crippen LogP contribution in [-0.4, -0.2) is 11.0 Å². The Morgan fingerprint density at radius 2 is 1.96 bits per heavy atom. The molecule has 112 valence electrons. The minimum atomic E-state index is -1.47. The molecule has 1 aromatic carbocycles. The van der Waals surface area contributed by atoms with Crippen LogP contribution in [-0.2, 0) is 0 Å². The molecular weight excluding hydrogens is 307 g/mol. The van der Waals surface area contributed by atoms with E-state index >= 15 is 0 Å². The SMILES string of the molecule is CC(C)c1ccc2oc3cc(C(=O)[O-])c(N)nc3c(=O)c2c1.[Na+]. The minimum Gasteiger partial charge on any atom is -0.545 e. The Hall–Kier alpha value is -1.89. The molecule has 0 aliphatic carbocycles. The number of rotatable bonds is 2. The van der Waals surface area contributed by atoms with E-state index < -0.39 is 5.97 Å². The third kappa shape index (κ3) is 2.97. The largest absolute Gasteiger partial charge is 1.00 e. The number of anilines is 1. The van der Waals surface area contributed by atoms with Gasteiger partial charge in [0.25, 0.3) is 0 Å². The van der Waals surface area contributed by atoms with Crippen molar-refractivity contribution in [1.82, 2.24) is 4.98 Å². The summed E-state index contributed by atoms with van der Waals surface area (Å²) in [7, 11) is 0. The van der Waals surface area contributed by atoms with Crippen molar-refractivity contribution in [1.29, 1.82) is 0 Å². The van der Waals surface area contributed by atoms with E-state index in [2.05, 4.69) is 4.98 Å². The molecule has 0 fully saturated rings. The van der Waals surface area contributed by atoms with E-state index in [-0.39, 0.29) is 63.4 Å². The molecule has 0 aliphatic heterocycles. The molecule has 6 nitrogen and oxygen atoms in total. The summed E-state index contributed by atoms with van der Waals surface area (Å²) < 4.78 is 5.60. The molecule has 3 aromatic rings. The fourth-order valence-corrected chi connectivity index (χ4v) is 2.33. The van der Waals surface area contributed by atoms with Crippen LogP contribution < -0.4 is 45.8 Å². The fraction of sp³-hybridized carbons (Fsp3) is 0.188. The molecular formula is C16H13N2NaO4. The normalized spacial score (nSPS) is 10.9. The van der Waals surface area contributed by atoms with Gasteiger partial charge in [-0.3, -0.25) is 4.79 Å². The number of fused-ring (bicyclic) bond motifs is 2. The molecule has 0 aliphatic rings. The first-order chi connectivity index (χ1) is 10.4. The summed E-state index contributed by atoms with van der Waals surface area (Å²) in [6.45, 7) is 4.04. The number of hydrogen-bond acceptors (Lipinski definition) is 6. The Labute approximate surface area is 153 Å². The van der Waals surface area contributed by atoms with Gasteiger partial charge in [-0.2, -0.15) is 0 Å². The smallest absolute Gasteiger partial charge is 0.545 e. The second kappa shape index (κ2) is 6.31. The average molecular weight is 320 g/mol. The molecule has 0 saturated heterocycles. The summed E-state index contributed by atoms with van der Waals surface area (Å²) in [6, 6.07) is 6.49. The second-order valence-corrected chi connectivity index (χ2v) is 5.40. The maximum absolute atomic E-state index is 12.6. The van der Waals surface area contributed by atoms with Crippen molar-refractivity contribution in [3.8, 4) is 0 Å². The summed E-state index contributed by atoms with van der Waals surface area (Å²) in [4.78, 5) is 27.4. The Morgan fingerprint density at radius 3 is 2.57 bits per heavy atom. The van der Waals surface area contributed by atoms with Crippen molar-refractivity contribution in [2.24, 2.45) is 0 Å². The standard InChI is InChI=1S/C16H14N2O4.Na/c1-7(2)8-3-4-11-9(5-8)14(19)13-12(22-11)6-10(16(20)21)15(17)18-13;/h3-7H,1-2H3,(H2,17,18)(H,20,21);/q;+1/p-1. The second-order valence-electron chi connectivity index (χ2n) is 5.40. The fourth-order valence-electron chi connectivity index (χ4n) is 2.33. The molecule has 0 unspecified atom stereocenters. The van der Waals surface area contributed by atoms with Crippen molar-refractivity contribution < 1.29 is 43.9 Å². The number of aromatic nitrogens is 1. The van der Waals surface area contributed by atoms with E-state index in [4.69, 9.17) is 10.2 Å². The summed E-state index contributed by atoms with van der Waals surface area (Å²) >= 11 is 0. The van der Waals surface area contributed by atoms with E-state index in [0.29, 0.717) is 11.0 Å². The first-order valence-corrected chi connectivity index (χ1v) is 6.77. The Kier molecular flexibility index (Phi) is 4.79. The number of nitrogens with zero attached hydrogens (tertiary/aromatic N) is 1. The average Bonchev–Trinajstić information content (AvgIpc) is 2.47. The van der Waals surface area contributed by atoms with Gasteiger partial charge in [-0.15, -0.1) is 0 Å². The van der Waals surface area contributed by atoms with Gasteiger partial charge in [0, 0.05) is 5.56 Å². The Morgan fingerprint density at radius 1 is 1.26 bits per heavy atom. The molecule has 2 aromatic heterocycles. The molecule has 2 N–H and O–H groups in total. The van der Waals surface area contributed by atoms with Crippen LogP contribution in [0.4, 0.5) is 5.82 Å². The number of carbonyl (C=O) groups is 1. The number of pyridine rings is 1. The Bertz CT molecular complexity index is 979. The van der Waals surface area contributed by atoms with Crippen LogP contribution in [0.1, 0.15) is 35.7 Å². The van der Waals surface area contributed by atoms with Crippen LogP contribution in [0.25, 0.3) is 22.1 Å². The van der Waals surface area contributed by atoms with Gasteiger partial charge >= 0.3 is 29.6 Å². The van der Waals surface area contributed by atoms with Crippen LogP contribution in [0.3, 0.4) is 0 Å². The van der Waals surface area contributed by atoms with Crippen molar-refractivity contribution in [3.63, 3.8) is 0 Å². The monoisotopic (exact) mass is 320 g/mol. The zero-order valence-corrected chi connectivity index (χ0v) is 15.0. The first-order valence-electron chi connectivity index (χ1n) is 6.77. The van der Waals surface area contributed by atoms with E-state index in [1.807, 2.05) is 19.9 Å². The molecule has 0 bridgehead atoms. The number of carboxylic acid groups (broad SMARTS) is 1. The maximum Gasteiger partial charge on any atom is 1.00 e. The summed E-state index contributed by atoms with van der Waals surface area (Å²) in [5.74, 6) is -1.47. The van der Waals surface area contributed by atoms with E-state index in [9.17, 15) is 14.7 Å². The summed E-state index contributed by atoms with van der Waals surface area (Å²) in [6.07, 6.45) is 0. The van der Waals surface area contributed by atoms with Crippen LogP contribution in [0.2, 0.25) is 0 Å². The molecule has 7 heteroatoms. The number of aromatic carboxylic acids is 1. The third-order valence-electron chi connectivity index (χ3n) is 3.59. The van der Waals surface area contributed by atoms with Crippen LogP contribution in [0, 0.1) is 0 Å². The van der Waals surface area contributed by atoms with Crippen LogP contribution >= 0.6 is 0 Å². The topological polar surface area (TPSA) is 109 Å². The molecule has 23 heavy (non-hydrogen) atoms. The van der Waals surface area contributed by atoms with Gasteiger partial charge in [-0.1, -0.05) is 19.9 Å². The van der Waals surface area contributed by atoms with Gasteiger partial charge in [-0.25, -0.2) is 4.98 Å². The molecule has 0 atom stereocenters. The zero-order chi connectivity index (χ0) is 16.0. The molecule has 0 spiro atoms. The summed E-state index contributed by atoms with van der Waals surface area (Å²) in [5, 5.41) is 11.4. The van der Waals surface area contributed by atoms with Crippen molar-refractivity contribution in [3.05, 3.63) is 45.6 Å². The molecule has 0 amide bonds. The Balaban J connectivity index is 0.00000192.